The molecule has 0 aromatic heterocycles. The molecule has 0 aliphatic rings. The van der Waals surface area contributed by atoms with Crippen molar-refractivity contribution in [1.82, 2.24) is 0 Å². The monoisotopic (exact) mass is 347 g/mol. The minimum atomic E-state index is -0.508. The lowest BCUT2D eigenvalue weighted by molar-refractivity contribution is -0.119. The van der Waals surface area contributed by atoms with Crippen LogP contribution < -0.4 is 10.5 Å². The van der Waals surface area contributed by atoms with Crippen molar-refractivity contribution in [3.05, 3.63) is 83.9 Å². The summed E-state index contributed by atoms with van der Waals surface area (Å²) in [6.45, 7) is 2.21. The largest absolute Gasteiger partial charge is 0.508 e. The number of phenols is 1. The average molecular weight is 347 g/mol. The zero-order chi connectivity index (χ0) is 18.5. The van der Waals surface area contributed by atoms with E-state index in [0.29, 0.717) is 12.2 Å². The minimum absolute atomic E-state index is 0.105. The summed E-state index contributed by atoms with van der Waals surface area (Å²) in [5.41, 5.74) is 8.99. The first-order chi connectivity index (χ1) is 12.5. The van der Waals surface area contributed by atoms with Crippen LogP contribution in [-0.2, 0) is 11.4 Å². The van der Waals surface area contributed by atoms with E-state index in [1.165, 1.54) is 0 Å². The third kappa shape index (κ3) is 4.03. The second-order valence-corrected chi connectivity index (χ2v) is 6.20. The first-order valence-electron chi connectivity index (χ1n) is 8.44. The number of benzene rings is 3. The van der Waals surface area contributed by atoms with Gasteiger partial charge in [-0.3, -0.25) is 4.79 Å². The topological polar surface area (TPSA) is 72.6 Å². The van der Waals surface area contributed by atoms with Crippen molar-refractivity contribution >= 4 is 5.91 Å². The van der Waals surface area contributed by atoms with E-state index in [1.54, 1.807) is 25.1 Å². The SMILES string of the molecule is CC(C(N)=O)c1cc(O)ccc1-c1cccc(OCc2ccccc2)c1. The maximum absolute atomic E-state index is 11.6. The third-order valence-corrected chi connectivity index (χ3v) is 4.32. The van der Waals surface area contributed by atoms with E-state index in [1.807, 2.05) is 54.6 Å². The fourth-order valence-corrected chi connectivity index (χ4v) is 2.82. The number of hydrogen-bond acceptors (Lipinski definition) is 3. The molecular formula is C22H21NO3. The van der Waals surface area contributed by atoms with Gasteiger partial charge in [-0.25, -0.2) is 0 Å². The van der Waals surface area contributed by atoms with Gasteiger partial charge in [0.25, 0.3) is 0 Å². The molecule has 0 aliphatic heterocycles. The number of hydrogen-bond donors (Lipinski definition) is 2. The Kier molecular flexibility index (Phi) is 5.23. The van der Waals surface area contributed by atoms with E-state index in [9.17, 15) is 9.90 Å². The van der Waals surface area contributed by atoms with E-state index in [-0.39, 0.29) is 5.75 Å². The van der Waals surface area contributed by atoms with Crippen molar-refractivity contribution < 1.29 is 14.6 Å². The number of carbonyl (C=O) groups excluding carboxylic acids is 1. The maximum Gasteiger partial charge on any atom is 0.224 e. The molecule has 0 radical (unpaired) electrons. The molecule has 0 spiro atoms. The highest BCUT2D eigenvalue weighted by atomic mass is 16.5. The Morgan fingerprint density at radius 2 is 1.81 bits per heavy atom. The molecule has 1 unspecified atom stereocenters. The van der Waals surface area contributed by atoms with Gasteiger partial charge in [-0.05, 0) is 53.4 Å². The van der Waals surface area contributed by atoms with Crippen molar-refractivity contribution in [1.29, 1.82) is 0 Å². The van der Waals surface area contributed by atoms with E-state index in [0.717, 1.165) is 22.4 Å². The number of nitrogens with two attached hydrogens (primary N) is 1. The van der Waals surface area contributed by atoms with E-state index < -0.39 is 11.8 Å². The van der Waals surface area contributed by atoms with Crippen molar-refractivity contribution in [2.24, 2.45) is 5.73 Å². The fraction of sp³-hybridized carbons (Fsp3) is 0.136. The summed E-state index contributed by atoms with van der Waals surface area (Å²) in [7, 11) is 0. The first kappa shape index (κ1) is 17.5. The van der Waals surface area contributed by atoms with Gasteiger partial charge in [0.15, 0.2) is 0 Å². The van der Waals surface area contributed by atoms with Crippen molar-refractivity contribution in [3.63, 3.8) is 0 Å². The van der Waals surface area contributed by atoms with Crippen LogP contribution in [0.4, 0.5) is 0 Å². The maximum atomic E-state index is 11.6. The van der Waals surface area contributed by atoms with Gasteiger partial charge in [-0.1, -0.05) is 48.5 Å². The smallest absolute Gasteiger partial charge is 0.224 e. The van der Waals surface area contributed by atoms with Crippen LogP contribution in [0.2, 0.25) is 0 Å². The van der Waals surface area contributed by atoms with E-state index in [2.05, 4.69) is 0 Å². The summed E-state index contributed by atoms with van der Waals surface area (Å²) in [5, 5.41) is 9.80. The van der Waals surface area contributed by atoms with Gasteiger partial charge in [-0.2, -0.15) is 0 Å². The Bertz CT molecular complexity index is 906. The number of aromatic hydroxyl groups is 1. The predicted molar refractivity (Wildman–Crippen MR) is 102 cm³/mol. The highest BCUT2D eigenvalue weighted by Gasteiger charge is 2.17. The third-order valence-electron chi connectivity index (χ3n) is 4.32. The summed E-state index contributed by atoms with van der Waals surface area (Å²) < 4.78 is 5.88. The quantitative estimate of drug-likeness (QED) is 0.701. The number of rotatable bonds is 6. The molecule has 3 aromatic rings. The highest BCUT2D eigenvalue weighted by Crippen LogP contribution is 2.33. The van der Waals surface area contributed by atoms with Gasteiger partial charge < -0.3 is 15.6 Å². The van der Waals surface area contributed by atoms with Crippen LogP contribution in [0.5, 0.6) is 11.5 Å². The Morgan fingerprint density at radius 1 is 1.04 bits per heavy atom. The zero-order valence-corrected chi connectivity index (χ0v) is 14.6. The second-order valence-electron chi connectivity index (χ2n) is 6.20. The van der Waals surface area contributed by atoms with Crippen LogP contribution >= 0.6 is 0 Å². The molecule has 1 atom stereocenters. The number of ether oxygens (including phenoxy) is 1. The lowest BCUT2D eigenvalue weighted by Crippen LogP contribution is -2.19. The second kappa shape index (κ2) is 7.74. The molecule has 0 bridgehead atoms. The van der Waals surface area contributed by atoms with Gasteiger partial charge in [0.2, 0.25) is 5.91 Å². The van der Waals surface area contributed by atoms with Gasteiger partial charge in [0.1, 0.15) is 18.1 Å². The van der Waals surface area contributed by atoms with Crippen LogP contribution in [-0.4, -0.2) is 11.0 Å². The minimum Gasteiger partial charge on any atom is -0.508 e. The molecule has 0 fully saturated rings. The van der Waals surface area contributed by atoms with E-state index >= 15 is 0 Å². The van der Waals surface area contributed by atoms with E-state index in [4.69, 9.17) is 10.5 Å². The molecule has 4 heteroatoms. The molecule has 3 rings (SSSR count). The molecule has 4 nitrogen and oxygen atoms in total. The molecule has 1 amide bonds. The molecule has 0 aliphatic carbocycles. The standard InChI is InChI=1S/C22H21NO3/c1-15(22(23)25)21-13-18(24)10-11-20(21)17-8-5-9-19(12-17)26-14-16-6-3-2-4-7-16/h2-13,15,24H,14H2,1H3,(H2,23,25). The van der Waals surface area contributed by atoms with Crippen molar-refractivity contribution in [2.75, 3.05) is 0 Å². The average Bonchev–Trinajstić information content (AvgIpc) is 2.66. The van der Waals surface area contributed by atoms with Crippen molar-refractivity contribution in [3.8, 4) is 22.6 Å². The molecule has 132 valence electrons. The Balaban J connectivity index is 1.89. The van der Waals surface area contributed by atoms with Gasteiger partial charge in [-0.15, -0.1) is 0 Å². The van der Waals surface area contributed by atoms with Crippen LogP contribution in [0.3, 0.4) is 0 Å². The normalized spacial score (nSPS) is 11.7. The molecule has 3 aromatic carbocycles. The fourth-order valence-electron chi connectivity index (χ4n) is 2.82. The lowest BCUT2D eigenvalue weighted by Gasteiger charge is -2.15. The number of primary amides is 1. The van der Waals surface area contributed by atoms with Crippen molar-refractivity contribution in [2.45, 2.75) is 19.4 Å². The molecular weight excluding hydrogens is 326 g/mol. The number of phenolic OH excluding ortho intramolecular Hbond substituents is 1. The molecule has 3 N–H and O–H groups in total. The Morgan fingerprint density at radius 3 is 2.54 bits per heavy atom. The Labute approximate surface area is 152 Å². The molecule has 0 saturated carbocycles. The summed E-state index contributed by atoms with van der Waals surface area (Å²) in [4.78, 5) is 11.6. The number of amides is 1. The van der Waals surface area contributed by atoms with Crippen LogP contribution in [0, 0.1) is 0 Å². The highest BCUT2D eigenvalue weighted by molar-refractivity contribution is 5.85. The lowest BCUT2D eigenvalue weighted by atomic mass is 9.91. The number of carbonyl (C=O) groups is 1. The molecule has 26 heavy (non-hydrogen) atoms. The summed E-state index contributed by atoms with van der Waals surface area (Å²) in [6, 6.07) is 22.6. The summed E-state index contributed by atoms with van der Waals surface area (Å²) in [5.74, 6) is -0.107. The molecule has 0 saturated heterocycles. The zero-order valence-electron chi connectivity index (χ0n) is 14.6. The Hall–Kier alpha value is -3.27. The summed E-state index contributed by atoms with van der Waals surface area (Å²) >= 11 is 0. The van der Waals surface area contributed by atoms with Crippen LogP contribution in [0.1, 0.15) is 24.0 Å². The molecule has 0 heterocycles. The van der Waals surface area contributed by atoms with Gasteiger partial charge >= 0.3 is 0 Å². The van der Waals surface area contributed by atoms with Crippen LogP contribution in [0.25, 0.3) is 11.1 Å². The first-order valence-corrected chi connectivity index (χ1v) is 8.44. The predicted octanol–water partition coefficient (Wildman–Crippen LogP) is 4.23. The summed E-state index contributed by atoms with van der Waals surface area (Å²) in [6.07, 6.45) is 0. The van der Waals surface area contributed by atoms with Gasteiger partial charge in [0.05, 0.1) is 5.92 Å². The van der Waals surface area contributed by atoms with Gasteiger partial charge in [0, 0.05) is 0 Å². The van der Waals surface area contributed by atoms with Crippen LogP contribution in [0.15, 0.2) is 72.8 Å².